The lowest BCUT2D eigenvalue weighted by Crippen LogP contribution is -2.29. The number of nitrogens with zero attached hydrogens (tertiary/aromatic N) is 2. The van der Waals surface area contributed by atoms with Gasteiger partial charge in [-0.15, -0.1) is 0 Å². The number of ether oxygens (including phenoxy) is 4. The second kappa shape index (κ2) is 26.3. The molecule has 0 aliphatic heterocycles. The topological polar surface area (TPSA) is 82.9 Å². The van der Waals surface area contributed by atoms with Gasteiger partial charge in [0.05, 0.1) is 39.1 Å². The summed E-state index contributed by atoms with van der Waals surface area (Å²) in [5.41, 5.74) is 0. The molecule has 1 heterocycles. The summed E-state index contributed by atoms with van der Waals surface area (Å²) < 4.78 is 23.2. The van der Waals surface area contributed by atoms with E-state index >= 15 is 0 Å². The van der Waals surface area contributed by atoms with Crippen molar-refractivity contribution in [1.82, 2.24) is 9.97 Å². The van der Waals surface area contributed by atoms with E-state index in [9.17, 15) is 0 Å². The second-order valence-electron chi connectivity index (χ2n) is 10.0. The minimum Gasteiger partial charge on any atom is -0.448 e. The van der Waals surface area contributed by atoms with E-state index in [1.54, 1.807) is 12.3 Å². The van der Waals surface area contributed by atoms with Gasteiger partial charge in [0, 0.05) is 18.7 Å². The highest BCUT2D eigenvalue weighted by atomic mass is 32.2. The van der Waals surface area contributed by atoms with Crippen molar-refractivity contribution in [3.63, 3.8) is 0 Å². The highest BCUT2D eigenvalue weighted by Gasteiger charge is 2.16. The molecule has 0 aliphatic rings. The van der Waals surface area contributed by atoms with Crippen LogP contribution in [0.4, 0.5) is 0 Å². The van der Waals surface area contributed by atoms with Gasteiger partial charge < -0.3 is 24.1 Å². The molecule has 2 unspecified atom stereocenters. The average molecular weight is 557 g/mol. The van der Waals surface area contributed by atoms with Crippen LogP contribution in [0, 0.1) is 0 Å². The molecule has 0 saturated carbocycles. The van der Waals surface area contributed by atoms with Gasteiger partial charge >= 0.3 is 0 Å². The number of hydrogen-bond acceptors (Lipinski definition) is 8. The molecule has 0 spiro atoms. The molecule has 0 amide bonds. The van der Waals surface area contributed by atoms with Crippen molar-refractivity contribution in [1.29, 1.82) is 0 Å². The molecule has 1 aromatic heterocycles. The molecule has 0 aromatic carbocycles. The normalized spacial score (nSPS) is 13.1. The maximum atomic E-state index is 8.76. The standard InChI is InChI=1S/C30H56N2O5S/c1-4-5-6-7-8-9-10-11-12-13-14-15-16-17-18-19-29(37-28-20-21-31-30(32-28)38-3)36-27(2)26-35-25-24-34-23-22-33/h20-21,27,29,33H,4-19,22-26H2,1-3H3. The van der Waals surface area contributed by atoms with Gasteiger partial charge in [0.25, 0.3) is 0 Å². The van der Waals surface area contributed by atoms with E-state index in [4.69, 9.17) is 24.1 Å². The summed E-state index contributed by atoms with van der Waals surface area (Å²) in [5.74, 6) is 0.542. The third-order valence-electron chi connectivity index (χ3n) is 6.43. The second-order valence-corrected chi connectivity index (χ2v) is 10.8. The highest BCUT2D eigenvalue weighted by molar-refractivity contribution is 7.98. The zero-order valence-electron chi connectivity index (χ0n) is 24.5. The van der Waals surface area contributed by atoms with Gasteiger partial charge in [-0.25, -0.2) is 4.98 Å². The summed E-state index contributed by atoms with van der Waals surface area (Å²) in [7, 11) is 0. The Kier molecular flexibility index (Phi) is 24.3. The summed E-state index contributed by atoms with van der Waals surface area (Å²) >= 11 is 1.49. The fraction of sp³-hybridized carbons (Fsp3) is 0.867. The van der Waals surface area contributed by atoms with E-state index < -0.39 is 0 Å². The number of aliphatic hydroxyl groups excluding tert-OH is 1. The zero-order valence-corrected chi connectivity index (χ0v) is 25.4. The maximum Gasteiger partial charge on any atom is 0.219 e. The minimum atomic E-state index is -0.370. The molecule has 7 nitrogen and oxygen atoms in total. The van der Waals surface area contributed by atoms with Crippen molar-refractivity contribution >= 4 is 11.8 Å². The van der Waals surface area contributed by atoms with E-state index in [0.717, 1.165) is 12.8 Å². The van der Waals surface area contributed by atoms with Gasteiger partial charge in [0.2, 0.25) is 12.2 Å². The van der Waals surface area contributed by atoms with Gasteiger partial charge in [0.15, 0.2) is 5.16 Å². The first-order chi connectivity index (χ1) is 18.7. The lowest BCUT2D eigenvalue weighted by atomic mass is 10.0. The van der Waals surface area contributed by atoms with Crippen LogP contribution < -0.4 is 4.74 Å². The molecular formula is C30H56N2O5S. The predicted octanol–water partition coefficient (Wildman–Crippen LogP) is 7.60. The Morgan fingerprint density at radius 3 is 1.97 bits per heavy atom. The lowest BCUT2D eigenvalue weighted by molar-refractivity contribution is -0.139. The number of thioether (sulfide) groups is 1. The Morgan fingerprint density at radius 2 is 1.39 bits per heavy atom. The van der Waals surface area contributed by atoms with Crippen molar-refractivity contribution < 1.29 is 24.1 Å². The first-order valence-electron chi connectivity index (χ1n) is 15.1. The Labute approximate surface area is 237 Å². The van der Waals surface area contributed by atoms with Crippen LogP contribution in [0.15, 0.2) is 17.4 Å². The molecule has 1 N–H and O–H groups in total. The van der Waals surface area contributed by atoms with Crippen LogP contribution in [0.1, 0.15) is 117 Å². The number of aromatic nitrogens is 2. The summed E-state index contributed by atoms with van der Waals surface area (Å²) in [6.07, 6.45) is 24.2. The molecule has 0 saturated heterocycles. The van der Waals surface area contributed by atoms with Crippen LogP contribution in [0.5, 0.6) is 5.88 Å². The van der Waals surface area contributed by atoms with Gasteiger partial charge in [-0.3, -0.25) is 0 Å². The highest BCUT2D eigenvalue weighted by Crippen LogP contribution is 2.19. The molecule has 0 aliphatic carbocycles. The molecule has 2 atom stereocenters. The molecule has 1 aromatic rings. The smallest absolute Gasteiger partial charge is 0.219 e. The van der Waals surface area contributed by atoms with Gasteiger partial charge in [0.1, 0.15) is 0 Å². The third kappa shape index (κ3) is 21.0. The summed E-state index contributed by atoms with van der Waals surface area (Å²) in [6.45, 7) is 6.03. The Balaban J connectivity index is 2.21. The van der Waals surface area contributed by atoms with Crippen LogP contribution in [-0.4, -0.2) is 66.8 Å². The van der Waals surface area contributed by atoms with E-state index in [-0.39, 0.29) is 19.0 Å². The largest absolute Gasteiger partial charge is 0.448 e. The van der Waals surface area contributed by atoms with Crippen LogP contribution in [0.25, 0.3) is 0 Å². The molecule has 1 rings (SSSR count). The fourth-order valence-electron chi connectivity index (χ4n) is 4.29. The van der Waals surface area contributed by atoms with Gasteiger partial charge in [-0.05, 0) is 19.6 Å². The fourth-order valence-corrected chi connectivity index (χ4v) is 4.64. The Morgan fingerprint density at radius 1 is 0.816 bits per heavy atom. The Bertz CT molecular complexity index is 640. The van der Waals surface area contributed by atoms with Crippen molar-refractivity contribution in [3.05, 3.63) is 12.3 Å². The molecule has 8 heteroatoms. The third-order valence-corrected chi connectivity index (χ3v) is 6.99. The van der Waals surface area contributed by atoms with E-state index in [1.807, 2.05) is 13.2 Å². The minimum absolute atomic E-state index is 0.0269. The maximum absolute atomic E-state index is 8.76. The van der Waals surface area contributed by atoms with E-state index in [1.165, 1.54) is 102 Å². The first kappa shape index (κ1) is 35.1. The molecule has 0 fully saturated rings. The van der Waals surface area contributed by atoms with Crippen molar-refractivity contribution in [2.24, 2.45) is 0 Å². The predicted molar refractivity (Wildman–Crippen MR) is 157 cm³/mol. The molecular weight excluding hydrogens is 500 g/mol. The summed E-state index contributed by atoms with van der Waals surface area (Å²) in [5, 5.41) is 9.45. The van der Waals surface area contributed by atoms with Gasteiger partial charge in [-0.2, -0.15) is 4.98 Å². The average Bonchev–Trinajstić information content (AvgIpc) is 2.92. The summed E-state index contributed by atoms with van der Waals surface area (Å²) in [6, 6.07) is 1.78. The Hall–Kier alpha value is -0.930. The summed E-state index contributed by atoms with van der Waals surface area (Å²) in [4.78, 5) is 8.67. The van der Waals surface area contributed by atoms with Crippen LogP contribution in [0.3, 0.4) is 0 Å². The van der Waals surface area contributed by atoms with Crippen molar-refractivity contribution in [3.8, 4) is 5.88 Å². The quantitative estimate of drug-likeness (QED) is 0.0489. The van der Waals surface area contributed by atoms with Crippen molar-refractivity contribution in [2.75, 3.05) is 39.3 Å². The molecule has 222 valence electrons. The van der Waals surface area contributed by atoms with E-state index in [0.29, 0.717) is 37.5 Å². The number of unbranched alkanes of at least 4 members (excludes halogenated alkanes) is 14. The zero-order chi connectivity index (χ0) is 27.5. The molecule has 0 radical (unpaired) electrons. The van der Waals surface area contributed by atoms with E-state index in [2.05, 4.69) is 16.9 Å². The lowest BCUT2D eigenvalue weighted by Gasteiger charge is -2.23. The number of aliphatic hydroxyl groups is 1. The molecule has 0 bridgehead atoms. The molecule has 38 heavy (non-hydrogen) atoms. The number of rotatable bonds is 28. The van der Waals surface area contributed by atoms with Gasteiger partial charge in [-0.1, -0.05) is 109 Å². The van der Waals surface area contributed by atoms with Crippen molar-refractivity contribution in [2.45, 2.75) is 134 Å². The van der Waals surface area contributed by atoms with Crippen LogP contribution >= 0.6 is 11.8 Å². The van der Waals surface area contributed by atoms with Crippen LogP contribution in [-0.2, 0) is 14.2 Å². The SMILES string of the molecule is CCCCCCCCCCCCCCCCCC(Oc1ccnc(SC)n1)OC(C)COCCOCCO. The number of hydrogen-bond donors (Lipinski definition) is 1. The monoisotopic (exact) mass is 556 g/mol. The van der Waals surface area contributed by atoms with Crippen LogP contribution in [0.2, 0.25) is 0 Å². The first-order valence-corrected chi connectivity index (χ1v) is 16.4.